The summed E-state index contributed by atoms with van der Waals surface area (Å²) in [7, 11) is -1.90. The summed E-state index contributed by atoms with van der Waals surface area (Å²) in [6, 6.07) is 44.7. The second-order valence-corrected chi connectivity index (χ2v) is 23.9. The van der Waals surface area contributed by atoms with Crippen LogP contribution in [0, 0.1) is 5.92 Å². The van der Waals surface area contributed by atoms with Gasteiger partial charge < -0.3 is 24.7 Å². The maximum absolute atomic E-state index is 13.8. The van der Waals surface area contributed by atoms with Gasteiger partial charge in [0.05, 0.1) is 11.2 Å². The first-order valence-electron chi connectivity index (χ1n) is 27.1. The Morgan fingerprint density at radius 1 is 0.685 bits per heavy atom. The predicted octanol–water partition coefficient (Wildman–Crippen LogP) is 13.4. The van der Waals surface area contributed by atoms with Crippen LogP contribution in [0.2, 0.25) is 5.02 Å². The van der Waals surface area contributed by atoms with Crippen LogP contribution in [-0.2, 0) is 14.4 Å². The lowest BCUT2D eigenvalue weighted by molar-refractivity contribution is -0.139. The van der Waals surface area contributed by atoms with Crippen molar-refractivity contribution in [3.8, 4) is 16.9 Å². The molecule has 2 atom stereocenters. The number of halogens is 1. The van der Waals surface area contributed by atoms with E-state index in [1.54, 1.807) is 43.3 Å². The number of fused-ring (bicyclic) bond motifs is 1. The van der Waals surface area contributed by atoms with Crippen LogP contribution in [0.1, 0.15) is 129 Å². The minimum Gasteiger partial charge on any atom is -0.481 e. The van der Waals surface area contributed by atoms with Crippen LogP contribution < -0.4 is 36.9 Å². The van der Waals surface area contributed by atoms with Crippen LogP contribution in [0.15, 0.2) is 143 Å². The van der Waals surface area contributed by atoms with Crippen molar-refractivity contribution in [2.75, 3.05) is 31.1 Å². The molecule has 7 rings (SSSR count). The van der Waals surface area contributed by atoms with Crippen LogP contribution >= 0.6 is 18.9 Å². The smallest absolute Gasteiger partial charge is 0.336 e. The van der Waals surface area contributed by atoms with Crippen LogP contribution in [-0.4, -0.2) is 54.5 Å². The summed E-state index contributed by atoms with van der Waals surface area (Å²) in [6.07, 6.45) is 19.2. The number of nitrogens with one attached hydrogen (secondary N) is 2. The van der Waals surface area contributed by atoms with Gasteiger partial charge in [-0.3, -0.25) is 14.4 Å². The highest BCUT2D eigenvalue weighted by Crippen LogP contribution is 2.56. The van der Waals surface area contributed by atoms with Crippen molar-refractivity contribution in [1.29, 1.82) is 0 Å². The van der Waals surface area contributed by atoms with Gasteiger partial charge in [0.15, 0.2) is 6.10 Å². The van der Waals surface area contributed by atoms with Crippen LogP contribution in [0.25, 0.3) is 22.1 Å². The molecule has 2 heterocycles. The largest absolute Gasteiger partial charge is 0.481 e. The fourth-order valence-corrected chi connectivity index (χ4v) is 15.1. The molecule has 386 valence electrons. The van der Waals surface area contributed by atoms with E-state index in [1.807, 2.05) is 4.90 Å². The van der Waals surface area contributed by atoms with Gasteiger partial charge in [0.2, 0.25) is 11.8 Å². The maximum Gasteiger partial charge on any atom is 0.336 e. The number of ether oxygens (including phenoxy) is 1. The van der Waals surface area contributed by atoms with Gasteiger partial charge in [0.1, 0.15) is 34.5 Å². The Balaban J connectivity index is 0.851. The average molecular weight is 1030 g/mol. The maximum atomic E-state index is 13.8. The van der Waals surface area contributed by atoms with E-state index in [9.17, 15) is 19.2 Å². The Morgan fingerprint density at radius 3 is 1.86 bits per heavy atom. The molecule has 2 N–H and O–H groups in total. The Kier molecular flexibility index (Phi) is 21.6. The van der Waals surface area contributed by atoms with Crippen molar-refractivity contribution in [2.45, 2.75) is 136 Å². The van der Waals surface area contributed by atoms with Gasteiger partial charge in [0.25, 0.3) is 5.91 Å². The number of hydrogen-bond donors (Lipinski definition) is 2. The lowest BCUT2D eigenvalue weighted by Gasteiger charge is -2.34. The molecule has 5 aromatic carbocycles. The van der Waals surface area contributed by atoms with E-state index in [0.29, 0.717) is 71.0 Å². The van der Waals surface area contributed by atoms with E-state index in [2.05, 4.69) is 109 Å². The second-order valence-electron chi connectivity index (χ2n) is 19.9. The molecule has 1 aliphatic rings. The molecule has 9 nitrogen and oxygen atoms in total. The number of benzene rings is 5. The topological polar surface area (TPSA) is 118 Å². The number of anilines is 1. The Bertz CT molecular complexity index is 2640. The van der Waals surface area contributed by atoms with Crippen molar-refractivity contribution >= 4 is 69.2 Å². The Labute approximate surface area is 439 Å². The number of likely N-dealkylation sites (tertiary alicyclic amines) is 1. The van der Waals surface area contributed by atoms with E-state index in [4.69, 9.17) is 20.8 Å². The summed E-state index contributed by atoms with van der Waals surface area (Å²) in [5.74, 6) is 0.410. The van der Waals surface area contributed by atoms with Crippen molar-refractivity contribution < 1.29 is 23.5 Å². The minimum atomic E-state index is -1.90. The van der Waals surface area contributed by atoms with E-state index in [0.717, 1.165) is 57.5 Å². The molecule has 11 heteroatoms. The molecular formula is C62H76ClN3O6P+. The first-order valence-corrected chi connectivity index (χ1v) is 29.4. The third-order valence-electron chi connectivity index (χ3n) is 14.3. The summed E-state index contributed by atoms with van der Waals surface area (Å²) < 4.78 is 11.8. The molecule has 73 heavy (non-hydrogen) atoms. The predicted molar refractivity (Wildman–Crippen MR) is 304 cm³/mol. The van der Waals surface area contributed by atoms with Gasteiger partial charge in [0, 0.05) is 66.8 Å². The van der Waals surface area contributed by atoms with E-state index in [-0.39, 0.29) is 23.6 Å². The fraction of sp³-hybridized carbons (Fsp3) is 0.419. The zero-order valence-electron chi connectivity index (χ0n) is 43.1. The Hall–Kier alpha value is -5.76. The summed E-state index contributed by atoms with van der Waals surface area (Å²) in [5.41, 5.74) is 1.56. The first-order chi connectivity index (χ1) is 35.6. The highest BCUT2D eigenvalue weighted by Gasteiger charge is 2.44. The van der Waals surface area contributed by atoms with Gasteiger partial charge in [-0.1, -0.05) is 143 Å². The molecule has 6 aromatic rings. The minimum absolute atomic E-state index is 0.0433. The van der Waals surface area contributed by atoms with Gasteiger partial charge in [-0.25, -0.2) is 4.79 Å². The molecule has 1 unspecified atom stereocenters. The van der Waals surface area contributed by atoms with Crippen molar-refractivity contribution in [3.63, 3.8) is 0 Å². The number of nitrogens with zero attached hydrogens (tertiary/aromatic N) is 1. The SMILES string of the molecule is CCCCCCCCCCCCCC(=O)Nc1ccc(-c2cc(=O)oc3cc(O[C@H](C)C(=O)N4CCCC(CNC(=O)CCCCC[P+](c5ccccc5)(c5ccccc5)c5ccccc5)C4)ccc23)c(Cl)c1. The molecule has 0 bridgehead atoms. The monoisotopic (exact) mass is 1020 g/mol. The zero-order valence-corrected chi connectivity index (χ0v) is 44.8. The molecule has 1 fully saturated rings. The molecule has 3 amide bonds. The summed E-state index contributed by atoms with van der Waals surface area (Å²) in [5, 5.41) is 11.3. The number of carbonyl (C=O) groups is 3. The van der Waals surface area contributed by atoms with Gasteiger partial charge >= 0.3 is 5.63 Å². The van der Waals surface area contributed by atoms with E-state index >= 15 is 0 Å². The summed E-state index contributed by atoms with van der Waals surface area (Å²) in [6.45, 7) is 5.66. The third kappa shape index (κ3) is 15.9. The Morgan fingerprint density at radius 2 is 1.26 bits per heavy atom. The molecule has 0 spiro atoms. The standard InChI is InChI=1S/C62H75ClN3O6P/c1-3-4-5-6-7-8-9-10-11-12-23-35-60(68)65-49-36-38-54(57(63)42-49)56-44-61(69)72-58-43-50(37-39-55(56)58)71-47(2)62(70)66-40-26-27-48(46-66)45-64-59(67)34-24-16-25-41-73(51-28-17-13-18-29-51,52-30-19-14-20-31-52)53-32-21-15-22-33-53/h13-15,17-22,28-33,36-39,42-44,47-48H,3-12,16,23-27,34-35,40-41,45-46H2,1-2H3,(H-,64,65,67,68,69)/p+1/t47-,48?/m1/s1. The molecule has 1 saturated heterocycles. The first kappa shape index (κ1) is 55.0. The number of amides is 3. The molecule has 1 aliphatic heterocycles. The highest BCUT2D eigenvalue weighted by molar-refractivity contribution is 7.95. The van der Waals surface area contributed by atoms with Gasteiger partial charge in [-0.05, 0) is 112 Å². The summed E-state index contributed by atoms with van der Waals surface area (Å²) >= 11 is 6.80. The quantitative estimate of drug-likeness (QED) is 0.0287. The van der Waals surface area contributed by atoms with Crippen LogP contribution in [0.3, 0.4) is 0 Å². The number of piperidine rings is 1. The number of rotatable bonds is 28. The van der Waals surface area contributed by atoms with E-state index < -0.39 is 19.0 Å². The third-order valence-corrected chi connectivity index (χ3v) is 19.2. The van der Waals surface area contributed by atoms with Crippen LogP contribution in [0.4, 0.5) is 5.69 Å². The second kappa shape index (κ2) is 28.6. The molecule has 0 saturated carbocycles. The fourth-order valence-electron chi connectivity index (χ4n) is 10.4. The molecule has 0 aliphatic carbocycles. The van der Waals surface area contributed by atoms with Crippen molar-refractivity contribution in [1.82, 2.24) is 10.2 Å². The number of carbonyl (C=O) groups excluding carboxylic acids is 3. The average Bonchev–Trinajstić information content (AvgIpc) is 3.41. The van der Waals surface area contributed by atoms with Crippen molar-refractivity contribution in [3.05, 3.63) is 149 Å². The molecule has 0 radical (unpaired) electrons. The normalized spacial score (nSPS) is 14.2. The van der Waals surface area contributed by atoms with Crippen molar-refractivity contribution in [2.24, 2.45) is 5.92 Å². The highest BCUT2D eigenvalue weighted by atomic mass is 35.5. The lowest BCUT2D eigenvalue weighted by Crippen LogP contribution is -2.47. The van der Waals surface area contributed by atoms with Crippen LogP contribution in [0.5, 0.6) is 5.75 Å². The zero-order chi connectivity index (χ0) is 51.3. The number of hydrogen-bond acceptors (Lipinski definition) is 6. The van der Waals surface area contributed by atoms with Gasteiger partial charge in [-0.15, -0.1) is 0 Å². The summed E-state index contributed by atoms with van der Waals surface area (Å²) in [4.78, 5) is 54.4. The number of unbranched alkanes of at least 4 members (excludes halogenated alkanes) is 12. The molecule has 1 aromatic heterocycles. The van der Waals surface area contributed by atoms with Gasteiger partial charge in [-0.2, -0.15) is 0 Å². The lowest BCUT2D eigenvalue weighted by atomic mass is 9.97. The van der Waals surface area contributed by atoms with E-state index in [1.165, 1.54) is 73.3 Å². The molecular weight excluding hydrogens is 949 g/mol.